The third-order valence-corrected chi connectivity index (χ3v) is 9.33. The zero-order valence-electron chi connectivity index (χ0n) is 25.0. The molecule has 2 fully saturated rings. The molecule has 7 nitrogen and oxygen atoms in total. The lowest BCUT2D eigenvalue weighted by atomic mass is 9.97. The fourth-order valence-electron chi connectivity index (χ4n) is 6.03. The topological polar surface area (TPSA) is 81.0 Å². The van der Waals surface area contributed by atoms with Crippen molar-refractivity contribution in [2.24, 2.45) is 0 Å². The second-order valence-corrected chi connectivity index (χ2v) is 12.3. The van der Waals surface area contributed by atoms with E-state index in [4.69, 9.17) is 13.9 Å². The van der Waals surface area contributed by atoms with Crippen LogP contribution in [0, 0.1) is 27.7 Å². The Hall–Kier alpha value is -4.01. The minimum absolute atomic E-state index is 0.288. The number of likely N-dealkylation sites (tertiary alicyclic amines) is 1. The fourth-order valence-corrected chi connectivity index (χ4v) is 6.71. The van der Waals surface area contributed by atoms with Crippen molar-refractivity contribution in [3.8, 4) is 11.5 Å². The third-order valence-electron chi connectivity index (χ3n) is 8.52. The molecule has 0 saturated carbocycles. The van der Waals surface area contributed by atoms with Gasteiger partial charge >= 0.3 is 0 Å². The highest BCUT2D eigenvalue weighted by Gasteiger charge is 2.29. The second kappa shape index (κ2) is 12.3. The molecular formula is C35H36N2O5S. The van der Waals surface area contributed by atoms with Gasteiger partial charge in [0.25, 0.3) is 11.1 Å². The Morgan fingerprint density at radius 3 is 2.47 bits per heavy atom. The largest absolute Gasteiger partial charge is 0.492 e. The number of hydrogen-bond acceptors (Lipinski definition) is 7. The monoisotopic (exact) mass is 596 g/mol. The summed E-state index contributed by atoms with van der Waals surface area (Å²) < 4.78 is 19.0. The number of amides is 2. The van der Waals surface area contributed by atoms with Crippen LogP contribution in [0.3, 0.4) is 0 Å². The number of hydrogen-bond donors (Lipinski definition) is 1. The molecule has 0 bridgehead atoms. The quantitative estimate of drug-likeness (QED) is 0.199. The van der Waals surface area contributed by atoms with Crippen LogP contribution in [0.4, 0.5) is 4.79 Å². The van der Waals surface area contributed by atoms with Gasteiger partial charge in [-0.3, -0.25) is 19.8 Å². The molecule has 1 aromatic heterocycles. The standard InChI is InChI=1S/C35H36N2O5S/c1-21-22(2)33-31(23(3)32(21)41-19-26-9-6-5-7-10-26)29(24(4)42-33)18-37-16-8-11-27(37)20-40-28-14-12-25(13-15-28)17-30-34(38)36-35(39)43-30/h5-7,9-10,12-15,17,27H,8,11,16,18-20H2,1-4H3,(H,36,38,39)/b30-17-/t27-/m0/s1. The smallest absolute Gasteiger partial charge is 0.290 e. The maximum Gasteiger partial charge on any atom is 0.290 e. The van der Waals surface area contributed by atoms with Crippen LogP contribution in [0.15, 0.2) is 63.9 Å². The molecule has 43 heavy (non-hydrogen) atoms. The maximum atomic E-state index is 11.8. The lowest BCUT2D eigenvalue weighted by Gasteiger charge is -2.25. The number of thioether (sulfide) groups is 1. The number of imide groups is 1. The Morgan fingerprint density at radius 2 is 1.74 bits per heavy atom. The predicted octanol–water partition coefficient (Wildman–Crippen LogP) is 7.61. The highest BCUT2D eigenvalue weighted by molar-refractivity contribution is 8.18. The van der Waals surface area contributed by atoms with Crippen molar-refractivity contribution in [3.63, 3.8) is 0 Å². The van der Waals surface area contributed by atoms with Gasteiger partial charge in [-0.25, -0.2) is 0 Å². The number of fused-ring (bicyclic) bond motifs is 1. The second-order valence-electron chi connectivity index (χ2n) is 11.3. The van der Waals surface area contributed by atoms with E-state index in [1.807, 2.05) is 42.5 Å². The normalized spacial score (nSPS) is 18.1. The van der Waals surface area contributed by atoms with Gasteiger partial charge < -0.3 is 13.9 Å². The van der Waals surface area contributed by atoms with E-state index in [-0.39, 0.29) is 17.2 Å². The van der Waals surface area contributed by atoms with Gasteiger partial charge in [0.1, 0.15) is 36.1 Å². The summed E-state index contributed by atoms with van der Waals surface area (Å²) in [5.41, 5.74) is 7.53. The summed E-state index contributed by atoms with van der Waals surface area (Å²) >= 11 is 0.918. The molecule has 2 aliphatic rings. The van der Waals surface area contributed by atoms with Crippen LogP contribution >= 0.6 is 11.8 Å². The lowest BCUT2D eigenvalue weighted by Crippen LogP contribution is -2.33. The van der Waals surface area contributed by atoms with E-state index < -0.39 is 0 Å². The third kappa shape index (κ3) is 6.08. The number of nitrogens with one attached hydrogen (secondary N) is 1. The fraction of sp³-hybridized carbons (Fsp3) is 0.314. The van der Waals surface area contributed by atoms with Crippen molar-refractivity contribution in [1.29, 1.82) is 0 Å². The number of furan rings is 1. The molecule has 0 radical (unpaired) electrons. The van der Waals surface area contributed by atoms with Gasteiger partial charge in [0.15, 0.2) is 0 Å². The number of carbonyl (C=O) groups is 2. The van der Waals surface area contributed by atoms with Crippen molar-refractivity contribution in [2.45, 2.75) is 59.7 Å². The molecular weight excluding hydrogens is 560 g/mol. The zero-order valence-corrected chi connectivity index (χ0v) is 25.8. The minimum atomic E-state index is -0.353. The van der Waals surface area contributed by atoms with E-state index in [1.54, 1.807) is 6.08 Å². The minimum Gasteiger partial charge on any atom is -0.492 e. The summed E-state index contributed by atoms with van der Waals surface area (Å²) in [7, 11) is 0. The Bertz CT molecular complexity index is 1710. The first kappa shape index (κ1) is 29.1. The summed E-state index contributed by atoms with van der Waals surface area (Å²) in [5.74, 6) is 2.32. The molecule has 8 heteroatoms. The summed E-state index contributed by atoms with van der Waals surface area (Å²) in [6, 6.07) is 18.2. The molecule has 6 rings (SSSR count). The highest BCUT2D eigenvalue weighted by Crippen LogP contribution is 2.40. The number of nitrogens with zero attached hydrogens (tertiary/aromatic N) is 1. The van der Waals surface area contributed by atoms with E-state index in [2.05, 4.69) is 50.0 Å². The molecule has 1 atom stereocenters. The van der Waals surface area contributed by atoms with Crippen molar-refractivity contribution < 1.29 is 23.5 Å². The number of rotatable bonds is 9. The maximum absolute atomic E-state index is 11.8. The predicted molar refractivity (Wildman–Crippen MR) is 170 cm³/mol. The molecule has 0 aliphatic carbocycles. The molecule has 4 aromatic rings. The van der Waals surface area contributed by atoms with Gasteiger partial charge in [-0.1, -0.05) is 42.5 Å². The molecule has 0 unspecified atom stereocenters. The van der Waals surface area contributed by atoms with Crippen LogP contribution in [-0.4, -0.2) is 35.2 Å². The molecule has 3 aromatic carbocycles. The van der Waals surface area contributed by atoms with E-state index in [9.17, 15) is 9.59 Å². The van der Waals surface area contributed by atoms with Gasteiger partial charge in [0.05, 0.1) is 4.91 Å². The molecule has 0 spiro atoms. The lowest BCUT2D eigenvalue weighted by molar-refractivity contribution is -0.115. The summed E-state index contributed by atoms with van der Waals surface area (Å²) in [4.78, 5) is 26.2. The average molecular weight is 597 g/mol. The van der Waals surface area contributed by atoms with Crippen LogP contribution in [0.1, 0.15) is 52.0 Å². The molecule has 2 aliphatic heterocycles. The van der Waals surface area contributed by atoms with Gasteiger partial charge in [0.2, 0.25) is 0 Å². The van der Waals surface area contributed by atoms with Gasteiger partial charge in [-0.05, 0) is 99.3 Å². The SMILES string of the molecule is Cc1oc2c(C)c(C)c(OCc3ccccc3)c(C)c2c1CN1CCC[C@H]1COc1ccc(/C=C2\SC(=O)NC2=O)cc1. The Balaban J connectivity index is 1.16. The van der Waals surface area contributed by atoms with Gasteiger partial charge in [-0.15, -0.1) is 0 Å². The average Bonchev–Trinajstić information content (AvgIpc) is 3.68. The molecule has 2 saturated heterocycles. The summed E-state index contributed by atoms with van der Waals surface area (Å²) in [5, 5.41) is 3.10. The molecule has 3 heterocycles. The summed E-state index contributed by atoms with van der Waals surface area (Å²) in [6.07, 6.45) is 3.91. The van der Waals surface area contributed by atoms with Crippen LogP contribution in [0.2, 0.25) is 0 Å². The van der Waals surface area contributed by atoms with Crippen molar-refractivity contribution in [3.05, 3.63) is 98.6 Å². The first-order valence-corrected chi connectivity index (χ1v) is 15.5. The Morgan fingerprint density at radius 1 is 0.977 bits per heavy atom. The number of ether oxygens (including phenoxy) is 2. The number of benzene rings is 3. The van der Waals surface area contributed by atoms with E-state index in [0.717, 1.165) is 93.7 Å². The van der Waals surface area contributed by atoms with Crippen molar-refractivity contribution in [2.75, 3.05) is 13.2 Å². The molecule has 2 amide bonds. The first-order chi connectivity index (χ1) is 20.8. The number of aryl methyl sites for hydroxylation is 3. The van der Waals surface area contributed by atoms with Crippen LogP contribution < -0.4 is 14.8 Å². The first-order valence-electron chi connectivity index (χ1n) is 14.7. The number of carbonyl (C=O) groups excluding carboxylic acids is 2. The van der Waals surface area contributed by atoms with Crippen LogP contribution in [-0.2, 0) is 17.9 Å². The highest BCUT2D eigenvalue weighted by atomic mass is 32.2. The van der Waals surface area contributed by atoms with Crippen molar-refractivity contribution in [1.82, 2.24) is 10.2 Å². The molecule has 1 N–H and O–H groups in total. The van der Waals surface area contributed by atoms with E-state index in [1.165, 1.54) is 5.56 Å². The van der Waals surface area contributed by atoms with Crippen molar-refractivity contribution >= 4 is 40.0 Å². The summed E-state index contributed by atoms with van der Waals surface area (Å²) in [6.45, 7) is 11.4. The van der Waals surface area contributed by atoms with Crippen LogP contribution in [0.25, 0.3) is 17.0 Å². The van der Waals surface area contributed by atoms with Crippen LogP contribution in [0.5, 0.6) is 11.5 Å². The molecule has 222 valence electrons. The Labute approximate surface area is 256 Å². The van der Waals surface area contributed by atoms with Gasteiger partial charge in [0, 0.05) is 29.1 Å². The van der Waals surface area contributed by atoms with Gasteiger partial charge in [-0.2, -0.15) is 0 Å². The van der Waals surface area contributed by atoms with E-state index >= 15 is 0 Å². The zero-order chi connectivity index (χ0) is 30.1. The Kier molecular flexibility index (Phi) is 8.32. The van der Waals surface area contributed by atoms with E-state index in [0.29, 0.717) is 18.1 Å².